The number of aromatic nitrogens is 1. The molecule has 0 spiro atoms. The van der Waals surface area contributed by atoms with Crippen LogP contribution in [0.1, 0.15) is 33.3 Å². The minimum absolute atomic E-state index is 0.280. The summed E-state index contributed by atoms with van der Waals surface area (Å²) in [4.78, 5) is 3.10. The van der Waals surface area contributed by atoms with Gasteiger partial charge >= 0.3 is 0 Å². The van der Waals surface area contributed by atoms with Gasteiger partial charge in [-0.3, -0.25) is 0 Å². The minimum Gasteiger partial charge on any atom is -0.225 e. The summed E-state index contributed by atoms with van der Waals surface area (Å²) < 4.78 is 24.3. The largest absolute Gasteiger partial charge is 0.225 e. The van der Waals surface area contributed by atoms with Crippen molar-refractivity contribution in [3.8, 4) is 0 Å². The van der Waals surface area contributed by atoms with Crippen molar-refractivity contribution in [3.05, 3.63) is 29.6 Å². The Balaban J connectivity index is 0. The molecule has 1 rings (SSSR count). The molecule has 0 saturated carbocycles. The Morgan fingerprint density at radius 2 is 1.54 bits per heavy atom. The summed E-state index contributed by atoms with van der Waals surface area (Å²) in [6.45, 7) is 9.49. The highest BCUT2D eigenvalue weighted by Crippen LogP contribution is 2.03. The molecular formula is C10H17F2N. The van der Waals surface area contributed by atoms with Gasteiger partial charge in [0.15, 0.2) is 0 Å². The van der Waals surface area contributed by atoms with Gasteiger partial charge in [-0.15, -0.1) is 0 Å². The van der Waals surface area contributed by atoms with Gasteiger partial charge in [0.1, 0.15) is 5.82 Å². The van der Waals surface area contributed by atoms with Gasteiger partial charge in [0.2, 0.25) is 5.95 Å². The van der Waals surface area contributed by atoms with Crippen LogP contribution in [-0.4, -0.2) is 4.98 Å². The van der Waals surface area contributed by atoms with Crippen molar-refractivity contribution in [2.75, 3.05) is 0 Å². The molecule has 0 amide bonds. The molecule has 3 heteroatoms. The van der Waals surface area contributed by atoms with Crippen LogP contribution in [0, 0.1) is 18.7 Å². The minimum atomic E-state index is -0.645. The number of hydrogen-bond donors (Lipinski definition) is 0. The van der Waals surface area contributed by atoms with E-state index >= 15 is 0 Å². The Morgan fingerprint density at radius 1 is 1.08 bits per heavy atom. The molecule has 1 heterocycles. The van der Waals surface area contributed by atoms with Gasteiger partial charge in [0, 0.05) is 0 Å². The van der Waals surface area contributed by atoms with Gasteiger partial charge in [-0.25, -0.2) is 9.37 Å². The molecule has 0 aromatic carbocycles. The normalized spacial score (nSPS) is 7.62. The third-order valence-electron chi connectivity index (χ3n) is 1.01. The van der Waals surface area contributed by atoms with Crippen LogP contribution in [0.15, 0.2) is 12.3 Å². The SMILES string of the molecule is CC.CC.Cc1cc(F)ncc1F. The molecule has 0 aliphatic rings. The van der Waals surface area contributed by atoms with E-state index in [0.29, 0.717) is 0 Å². The number of aryl methyl sites for hydroxylation is 1. The summed E-state index contributed by atoms with van der Waals surface area (Å²) in [6.07, 6.45) is 0.866. The first kappa shape index (κ1) is 14.5. The van der Waals surface area contributed by atoms with Crippen LogP contribution in [0.3, 0.4) is 0 Å². The van der Waals surface area contributed by atoms with E-state index in [9.17, 15) is 8.78 Å². The first-order valence-corrected chi connectivity index (χ1v) is 4.48. The van der Waals surface area contributed by atoms with E-state index in [4.69, 9.17) is 0 Å². The molecule has 0 N–H and O–H groups in total. The Kier molecular flexibility index (Phi) is 10.2. The van der Waals surface area contributed by atoms with Crippen molar-refractivity contribution >= 4 is 0 Å². The molecule has 0 radical (unpaired) electrons. The lowest BCUT2D eigenvalue weighted by atomic mass is 10.3. The zero-order valence-corrected chi connectivity index (χ0v) is 8.86. The predicted octanol–water partition coefficient (Wildman–Crippen LogP) is 3.72. The highest BCUT2D eigenvalue weighted by Gasteiger charge is 1.96. The molecule has 76 valence electrons. The van der Waals surface area contributed by atoms with Crippen LogP contribution in [0.2, 0.25) is 0 Å². The van der Waals surface area contributed by atoms with Crippen LogP contribution >= 0.6 is 0 Å². The topological polar surface area (TPSA) is 12.9 Å². The van der Waals surface area contributed by atoms with Gasteiger partial charge in [-0.05, 0) is 18.6 Å². The standard InChI is InChI=1S/C6H5F2N.2C2H6/c1-4-2-6(8)9-3-5(4)7;2*1-2/h2-3H,1H3;2*1-2H3. The smallest absolute Gasteiger partial charge is 0.213 e. The number of nitrogens with zero attached hydrogens (tertiary/aromatic N) is 1. The first-order valence-electron chi connectivity index (χ1n) is 4.48. The second-order valence-corrected chi connectivity index (χ2v) is 1.76. The Bertz CT molecular complexity index is 224. The maximum Gasteiger partial charge on any atom is 0.213 e. The van der Waals surface area contributed by atoms with E-state index in [-0.39, 0.29) is 5.56 Å². The van der Waals surface area contributed by atoms with Crippen LogP contribution in [0.25, 0.3) is 0 Å². The van der Waals surface area contributed by atoms with Crippen molar-refractivity contribution in [2.24, 2.45) is 0 Å². The Morgan fingerprint density at radius 3 is 1.85 bits per heavy atom. The maximum atomic E-state index is 12.3. The molecule has 0 saturated heterocycles. The molecule has 1 aromatic rings. The third kappa shape index (κ3) is 6.20. The molecule has 13 heavy (non-hydrogen) atoms. The average molecular weight is 189 g/mol. The van der Waals surface area contributed by atoms with E-state index in [1.807, 2.05) is 27.7 Å². The van der Waals surface area contributed by atoms with Crippen molar-refractivity contribution in [3.63, 3.8) is 0 Å². The summed E-state index contributed by atoms with van der Waals surface area (Å²) in [7, 11) is 0. The van der Waals surface area contributed by atoms with Crippen molar-refractivity contribution in [2.45, 2.75) is 34.6 Å². The lowest BCUT2D eigenvalue weighted by molar-refractivity contribution is 0.554. The fraction of sp³-hybridized carbons (Fsp3) is 0.500. The fourth-order valence-corrected chi connectivity index (χ4v) is 0.505. The molecule has 0 bridgehead atoms. The van der Waals surface area contributed by atoms with Gasteiger partial charge in [-0.2, -0.15) is 4.39 Å². The van der Waals surface area contributed by atoms with Crippen LogP contribution in [-0.2, 0) is 0 Å². The number of halogens is 2. The summed E-state index contributed by atoms with van der Waals surface area (Å²) in [5.41, 5.74) is 0.280. The molecule has 1 nitrogen and oxygen atoms in total. The average Bonchev–Trinajstić information content (AvgIpc) is 2.18. The van der Waals surface area contributed by atoms with E-state index in [0.717, 1.165) is 12.3 Å². The van der Waals surface area contributed by atoms with Crippen LogP contribution in [0.4, 0.5) is 8.78 Å². The predicted molar refractivity (Wildman–Crippen MR) is 51.6 cm³/mol. The molecule has 0 fully saturated rings. The Labute approximate surface area is 78.8 Å². The zero-order chi connectivity index (χ0) is 10.9. The van der Waals surface area contributed by atoms with Crippen molar-refractivity contribution < 1.29 is 8.78 Å². The number of hydrogen-bond acceptors (Lipinski definition) is 1. The lowest BCUT2D eigenvalue weighted by Gasteiger charge is -1.91. The zero-order valence-electron chi connectivity index (χ0n) is 8.86. The van der Waals surface area contributed by atoms with Gasteiger partial charge < -0.3 is 0 Å². The summed E-state index contributed by atoms with van der Waals surface area (Å²) in [5, 5.41) is 0. The molecule has 0 atom stereocenters. The quantitative estimate of drug-likeness (QED) is 0.567. The first-order chi connectivity index (χ1) is 6.20. The Hall–Kier alpha value is -0.990. The van der Waals surface area contributed by atoms with E-state index in [1.165, 1.54) is 6.92 Å². The molecule has 0 aliphatic heterocycles. The second kappa shape index (κ2) is 9.10. The second-order valence-electron chi connectivity index (χ2n) is 1.76. The molecular weight excluding hydrogens is 172 g/mol. The van der Waals surface area contributed by atoms with E-state index in [1.54, 1.807) is 0 Å². The molecule has 0 aliphatic carbocycles. The van der Waals surface area contributed by atoms with Gasteiger partial charge in [0.25, 0.3) is 0 Å². The van der Waals surface area contributed by atoms with Crippen LogP contribution in [0.5, 0.6) is 0 Å². The van der Waals surface area contributed by atoms with Crippen LogP contribution < -0.4 is 0 Å². The van der Waals surface area contributed by atoms with Gasteiger partial charge in [-0.1, -0.05) is 27.7 Å². The monoisotopic (exact) mass is 189 g/mol. The summed E-state index contributed by atoms with van der Waals surface area (Å²) in [5.74, 6) is -1.12. The molecule has 1 aromatic heterocycles. The maximum absolute atomic E-state index is 12.3. The number of rotatable bonds is 0. The summed E-state index contributed by atoms with van der Waals surface area (Å²) >= 11 is 0. The molecule has 0 unspecified atom stereocenters. The fourth-order valence-electron chi connectivity index (χ4n) is 0.505. The van der Waals surface area contributed by atoms with E-state index in [2.05, 4.69) is 4.98 Å². The van der Waals surface area contributed by atoms with Crippen molar-refractivity contribution in [1.82, 2.24) is 4.98 Å². The highest BCUT2D eigenvalue weighted by molar-refractivity contribution is 5.10. The van der Waals surface area contributed by atoms with Gasteiger partial charge in [0.05, 0.1) is 6.20 Å². The van der Waals surface area contributed by atoms with Crippen molar-refractivity contribution in [1.29, 1.82) is 0 Å². The number of pyridine rings is 1. The lowest BCUT2D eigenvalue weighted by Crippen LogP contribution is -1.87. The summed E-state index contributed by atoms with van der Waals surface area (Å²) in [6, 6.07) is 1.05. The third-order valence-corrected chi connectivity index (χ3v) is 1.01. The highest BCUT2D eigenvalue weighted by atomic mass is 19.1. The van der Waals surface area contributed by atoms with E-state index < -0.39 is 11.8 Å².